The average molecular weight is 492 g/mol. The first-order chi connectivity index (χ1) is 11.8. The zero-order valence-electron chi connectivity index (χ0n) is 12.7. The van der Waals surface area contributed by atoms with Crippen molar-refractivity contribution in [3.63, 3.8) is 0 Å². The van der Waals surface area contributed by atoms with Gasteiger partial charge >= 0.3 is 0 Å². The molecule has 0 aliphatic heterocycles. The summed E-state index contributed by atoms with van der Waals surface area (Å²) in [5.74, 6) is -2.02. The number of nitrogens with one attached hydrogen (secondary N) is 2. The number of aromatic nitrogens is 3. The van der Waals surface area contributed by atoms with Crippen LogP contribution in [-0.2, 0) is 4.79 Å². The van der Waals surface area contributed by atoms with Gasteiger partial charge in [-0.25, -0.2) is 18.7 Å². The van der Waals surface area contributed by atoms with Gasteiger partial charge in [0.2, 0.25) is 5.91 Å². The maximum atomic E-state index is 13.7. The maximum absolute atomic E-state index is 13.7. The van der Waals surface area contributed by atoms with Gasteiger partial charge in [-0.3, -0.25) is 4.79 Å². The topological polar surface area (TPSA) is 70.7 Å². The van der Waals surface area contributed by atoms with Gasteiger partial charge in [0.15, 0.2) is 16.6 Å². The molecule has 0 aliphatic rings. The number of aryl methyl sites for hydroxylation is 1. The molecule has 0 saturated heterocycles. The number of benzene rings is 1. The number of fused-ring (bicyclic) bond motifs is 1. The summed E-state index contributed by atoms with van der Waals surface area (Å²) in [7, 11) is 0. The third-order valence-corrected chi connectivity index (χ3v) is 5.49. The third kappa shape index (κ3) is 4.18. The summed E-state index contributed by atoms with van der Waals surface area (Å²) in [5, 5.41) is 2.94. The highest BCUT2D eigenvalue weighted by Crippen LogP contribution is 2.27. The van der Waals surface area contributed by atoms with Gasteiger partial charge in [-0.05, 0) is 50.9 Å². The molecular weight excluding hydrogens is 482 g/mol. The molecule has 25 heavy (non-hydrogen) atoms. The van der Waals surface area contributed by atoms with E-state index in [0.29, 0.717) is 16.9 Å². The quantitative estimate of drug-likeness (QED) is 0.514. The highest BCUT2D eigenvalue weighted by molar-refractivity contribution is 9.10. The summed E-state index contributed by atoms with van der Waals surface area (Å²) in [6, 6.07) is 3.65. The zero-order valence-corrected chi connectivity index (χ0v) is 16.7. The van der Waals surface area contributed by atoms with Gasteiger partial charge in [0.25, 0.3) is 0 Å². The van der Waals surface area contributed by atoms with Gasteiger partial charge < -0.3 is 10.3 Å². The lowest BCUT2D eigenvalue weighted by Gasteiger charge is -2.08. The number of hydrogen-bond acceptors (Lipinski definition) is 4. The van der Waals surface area contributed by atoms with Crippen molar-refractivity contribution in [1.29, 1.82) is 0 Å². The van der Waals surface area contributed by atoms with Crippen molar-refractivity contribution < 1.29 is 13.6 Å². The van der Waals surface area contributed by atoms with Crippen LogP contribution in [0.25, 0.3) is 11.2 Å². The van der Waals surface area contributed by atoms with E-state index < -0.39 is 17.5 Å². The molecular formula is C15H10Br2F2N4OS. The summed E-state index contributed by atoms with van der Waals surface area (Å²) in [4.78, 5) is 23.7. The van der Waals surface area contributed by atoms with E-state index in [2.05, 4.69) is 52.1 Å². The predicted octanol–water partition coefficient (Wildman–Crippen LogP) is 4.80. The van der Waals surface area contributed by atoms with Gasteiger partial charge in [0, 0.05) is 15.0 Å². The van der Waals surface area contributed by atoms with Crippen molar-refractivity contribution in [1.82, 2.24) is 15.0 Å². The molecule has 0 aliphatic carbocycles. The number of pyridine rings is 1. The van der Waals surface area contributed by atoms with Crippen LogP contribution in [-0.4, -0.2) is 26.6 Å². The first-order valence-corrected chi connectivity index (χ1v) is 9.50. The Kier molecular flexibility index (Phi) is 5.40. The van der Waals surface area contributed by atoms with Crippen LogP contribution >= 0.6 is 43.6 Å². The lowest BCUT2D eigenvalue weighted by Crippen LogP contribution is -2.15. The summed E-state index contributed by atoms with van der Waals surface area (Å²) < 4.78 is 27.8. The molecule has 0 fully saturated rings. The molecule has 1 aromatic carbocycles. The average Bonchev–Trinajstić information content (AvgIpc) is 2.91. The lowest BCUT2D eigenvalue weighted by atomic mass is 10.3. The van der Waals surface area contributed by atoms with E-state index in [0.717, 1.165) is 33.5 Å². The summed E-state index contributed by atoms with van der Waals surface area (Å²) in [6.45, 7) is 1.85. The smallest absolute Gasteiger partial charge is 0.234 e. The van der Waals surface area contributed by atoms with E-state index in [1.807, 2.05) is 13.0 Å². The lowest BCUT2D eigenvalue weighted by molar-refractivity contribution is -0.113. The Morgan fingerprint density at radius 3 is 2.72 bits per heavy atom. The number of hydrogen-bond donors (Lipinski definition) is 2. The van der Waals surface area contributed by atoms with Crippen LogP contribution in [0.15, 0.2) is 32.3 Å². The minimum absolute atomic E-state index is 0.00320. The molecule has 0 spiro atoms. The molecule has 0 bridgehead atoms. The Bertz CT molecular complexity index is 918. The second kappa shape index (κ2) is 7.38. The molecule has 0 atom stereocenters. The summed E-state index contributed by atoms with van der Waals surface area (Å²) >= 11 is 7.58. The number of amides is 1. The number of anilines is 1. The second-order valence-electron chi connectivity index (χ2n) is 5.05. The van der Waals surface area contributed by atoms with Crippen LogP contribution in [0.5, 0.6) is 0 Å². The molecule has 2 heterocycles. The van der Waals surface area contributed by atoms with Crippen LogP contribution < -0.4 is 5.32 Å². The molecule has 1 amide bonds. The maximum Gasteiger partial charge on any atom is 0.234 e. The van der Waals surface area contributed by atoms with Gasteiger partial charge in [0.1, 0.15) is 5.82 Å². The number of thioether (sulfide) groups is 1. The Balaban J connectivity index is 1.68. The van der Waals surface area contributed by atoms with E-state index in [9.17, 15) is 13.6 Å². The van der Waals surface area contributed by atoms with Crippen molar-refractivity contribution in [3.8, 4) is 0 Å². The zero-order chi connectivity index (χ0) is 18.1. The van der Waals surface area contributed by atoms with Crippen molar-refractivity contribution >= 4 is 66.4 Å². The molecule has 10 heteroatoms. The van der Waals surface area contributed by atoms with Gasteiger partial charge in [-0.15, -0.1) is 0 Å². The van der Waals surface area contributed by atoms with E-state index in [-0.39, 0.29) is 15.9 Å². The van der Waals surface area contributed by atoms with Crippen molar-refractivity contribution in [3.05, 3.63) is 44.5 Å². The van der Waals surface area contributed by atoms with Crippen LogP contribution in [0.4, 0.5) is 14.5 Å². The molecule has 3 rings (SSSR count). The van der Waals surface area contributed by atoms with Crippen molar-refractivity contribution in [2.45, 2.75) is 12.1 Å². The number of aromatic amines is 1. The third-order valence-electron chi connectivity index (χ3n) is 3.19. The molecule has 5 nitrogen and oxygen atoms in total. The molecule has 130 valence electrons. The van der Waals surface area contributed by atoms with Crippen LogP contribution in [0.1, 0.15) is 5.69 Å². The van der Waals surface area contributed by atoms with E-state index >= 15 is 0 Å². The molecule has 0 unspecified atom stereocenters. The molecule has 3 aromatic rings. The Morgan fingerprint density at radius 2 is 2.00 bits per heavy atom. The van der Waals surface area contributed by atoms with Crippen LogP contribution in [0.3, 0.4) is 0 Å². The number of imidazole rings is 1. The van der Waals surface area contributed by atoms with E-state index in [4.69, 9.17) is 0 Å². The summed E-state index contributed by atoms with van der Waals surface area (Å²) in [6.07, 6.45) is 0. The Morgan fingerprint density at radius 1 is 1.24 bits per heavy atom. The number of nitrogens with zero attached hydrogens (tertiary/aromatic N) is 2. The van der Waals surface area contributed by atoms with Gasteiger partial charge in [0.05, 0.1) is 22.7 Å². The second-order valence-corrected chi connectivity index (χ2v) is 7.72. The monoisotopic (exact) mass is 490 g/mol. The van der Waals surface area contributed by atoms with E-state index in [1.54, 1.807) is 0 Å². The molecule has 0 radical (unpaired) electrons. The van der Waals surface area contributed by atoms with Gasteiger partial charge in [-0.1, -0.05) is 11.8 Å². The summed E-state index contributed by atoms with van der Waals surface area (Å²) in [5.41, 5.74) is 2.01. The normalized spacial score (nSPS) is 11.1. The fourth-order valence-corrected chi connectivity index (χ4v) is 3.52. The standard InChI is InChI=1S/C15H10Br2F2N4OS/c1-6-8(16)4-11-14(20-6)23-15(21-11)25-5-12(24)22-13-9(17)2-7(18)3-10(13)19/h2-4H,5H2,1H3,(H,22,24)(H,20,21,23). The van der Waals surface area contributed by atoms with Crippen LogP contribution in [0.2, 0.25) is 0 Å². The van der Waals surface area contributed by atoms with Gasteiger partial charge in [-0.2, -0.15) is 0 Å². The molecule has 0 saturated carbocycles. The number of carbonyl (C=O) groups is 1. The first-order valence-electron chi connectivity index (χ1n) is 6.93. The largest absolute Gasteiger partial charge is 0.331 e. The highest BCUT2D eigenvalue weighted by atomic mass is 79.9. The minimum atomic E-state index is -0.849. The Labute approximate surface area is 162 Å². The fraction of sp³-hybridized carbons (Fsp3) is 0.133. The van der Waals surface area contributed by atoms with Crippen LogP contribution in [0, 0.1) is 18.6 Å². The number of rotatable bonds is 4. The SMILES string of the molecule is Cc1nc2nc(SCC(=O)Nc3c(F)cc(F)cc3Br)[nH]c2cc1Br. The number of H-pyrrole nitrogens is 1. The molecule has 2 N–H and O–H groups in total. The van der Waals surface area contributed by atoms with Crippen molar-refractivity contribution in [2.75, 3.05) is 11.1 Å². The highest BCUT2D eigenvalue weighted by Gasteiger charge is 2.14. The van der Waals surface area contributed by atoms with Crippen molar-refractivity contribution in [2.24, 2.45) is 0 Å². The molecule has 2 aromatic heterocycles. The Hall–Kier alpha value is -1.52. The number of halogens is 4. The fourth-order valence-electron chi connectivity index (χ4n) is 2.02. The predicted molar refractivity (Wildman–Crippen MR) is 99.7 cm³/mol. The van der Waals surface area contributed by atoms with E-state index in [1.165, 1.54) is 0 Å². The first kappa shape index (κ1) is 18.3. The minimum Gasteiger partial charge on any atom is -0.331 e. The number of carbonyl (C=O) groups excluding carboxylic acids is 1.